The Morgan fingerprint density at radius 1 is 1.27 bits per heavy atom. The zero-order valence-corrected chi connectivity index (χ0v) is 9.32. The molecule has 0 aromatic heterocycles. The molecule has 0 heterocycles. The van der Waals surface area contributed by atoms with Crippen LogP contribution in [-0.2, 0) is 4.57 Å². The third kappa shape index (κ3) is 4.63. The molecule has 0 aliphatic heterocycles. The number of hydrogen-bond acceptors (Lipinski definition) is 1. The lowest BCUT2D eigenvalue weighted by molar-refractivity contribution is 0.453. The minimum atomic E-state index is -1.78. The molecule has 0 N–H and O–H groups in total. The van der Waals surface area contributed by atoms with E-state index in [1.807, 2.05) is 13.6 Å². The molecule has 2 heteroatoms. The molecule has 68 valence electrons. The van der Waals surface area contributed by atoms with Crippen LogP contribution in [0.3, 0.4) is 0 Å². The molecule has 0 rings (SSSR count). The Bertz CT molecular complexity index is 152. The molecule has 0 radical (unpaired) electrons. The molecule has 0 aliphatic rings. The third-order valence-corrected chi connectivity index (χ3v) is 5.17. The van der Waals surface area contributed by atoms with Gasteiger partial charge in [0.05, 0.1) is 7.14 Å². The van der Waals surface area contributed by atoms with E-state index in [2.05, 4.69) is 20.8 Å². The van der Waals surface area contributed by atoms with Crippen molar-refractivity contribution >= 4 is 7.14 Å². The molecule has 0 spiro atoms. The van der Waals surface area contributed by atoms with Crippen molar-refractivity contribution in [1.82, 2.24) is 0 Å². The molecular weight excluding hydrogens is 155 g/mol. The first-order chi connectivity index (χ1) is 4.89. The van der Waals surface area contributed by atoms with Gasteiger partial charge >= 0.3 is 0 Å². The van der Waals surface area contributed by atoms with Crippen LogP contribution in [0.2, 0.25) is 0 Å². The summed E-state index contributed by atoms with van der Waals surface area (Å²) in [5.74, 6) is 1.26. The van der Waals surface area contributed by atoms with E-state index in [1.165, 1.54) is 0 Å². The largest absolute Gasteiger partial charge is 0.324 e. The van der Waals surface area contributed by atoms with Crippen LogP contribution < -0.4 is 0 Å². The minimum absolute atomic E-state index is 0.603. The maximum absolute atomic E-state index is 11.7. The van der Waals surface area contributed by atoms with E-state index in [4.69, 9.17) is 0 Å². The Morgan fingerprint density at radius 2 is 1.73 bits per heavy atom. The highest BCUT2D eigenvalue weighted by Gasteiger charge is 2.18. The summed E-state index contributed by atoms with van der Waals surface area (Å²) in [5.41, 5.74) is 0. The summed E-state index contributed by atoms with van der Waals surface area (Å²) in [6.45, 7) is 10.5. The predicted octanol–water partition coefficient (Wildman–Crippen LogP) is 3.29. The second kappa shape index (κ2) is 4.30. The van der Waals surface area contributed by atoms with Crippen LogP contribution in [0, 0.1) is 11.8 Å². The van der Waals surface area contributed by atoms with E-state index < -0.39 is 7.14 Å². The maximum Gasteiger partial charge on any atom is 0.0848 e. The van der Waals surface area contributed by atoms with E-state index in [0.717, 1.165) is 12.3 Å². The van der Waals surface area contributed by atoms with Crippen molar-refractivity contribution in [3.8, 4) is 0 Å². The zero-order chi connectivity index (χ0) is 9.07. The summed E-state index contributed by atoms with van der Waals surface area (Å²) in [6.07, 6.45) is 1.77. The second-order valence-electron chi connectivity index (χ2n) is 4.02. The molecule has 0 amide bonds. The van der Waals surface area contributed by atoms with Crippen molar-refractivity contribution in [1.29, 1.82) is 0 Å². The Labute approximate surface area is 70.9 Å². The SMILES string of the molecule is CCP(C)(=O)CC(C)C(C)C. The van der Waals surface area contributed by atoms with Gasteiger partial charge in [-0.05, 0) is 24.7 Å². The molecule has 2 unspecified atom stereocenters. The summed E-state index contributed by atoms with van der Waals surface area (Å²) >= 11 is 0. The highest BCUT2D eigenvalue weighted by atomic mass is 31.2. The van der Waals surface area contributed by atoms with Gasteiger partial charge in [-0.25, -0.2) is 0 Å². The molecule has 0 saturated carbocycles. The van der Waals surface area contributed by atoms with Crippen molar-refractivity contribution < 1.29 is 4.57 Å². The number of hydrogen-bond donors (Lipinski definition) is 0. The summed E-state index contributed by atoms with van der Waals surface area (Å²) < 4.78 is 11.7. The normalized spacial score (nSPS) is 19.8. The summed E-state index contributed by atoms with van der Waals surface area (Å²) in [6, 6.07) is 0. The maximum atomic E-state index is 11.7. The lowest BCUT2D eigenvalue weighted by Gasteiger charge is -2.19. The van der Waals surface area contributed by atoms with Crippen LogP contribution in [0.25, 0.3) is 0 Å². The summed E-state index contributed by atoms with van der Waals surface area (Å²) in [7, 11) is -1.78. The summed E-state index contributed by atoms with van der Waals surface area (Å²) in [5, 5.41) is 0. The van der Waals surface area contributed by atoms with E-state index in [-0.39, 0.29) is 0 Å². The Morgan fingerprint density at radius 3 is 2.00 bits per heavy atom. The molecule has 1 nitrogen and oxygen atoms in total. The topological polar surface area (TPSA) is 17.1 Å². The standard InChI is InChI=1S/C9H21OP/c1-6-11(5,10)7-9(4)8(2)3/h8-9H,6-7H2,1-5H3. The van der Waals surface area contributed by atoms with Gasteiger partial charge in [0, 0.05) is 6.16 Å². The van der Waals surface area contributed by atoms with Gasteiger partial charge < -0.3 is 4.57 Å². The molecule has 0 aromatic carbocycles. The quantitative estimate of drug-likeness (QED) is 0.601. The third-order valence-electron chi connectivity index (χ3n) is 2.48. The van der Waals surface area contributed by atoms with Gasteiger partial charge in [-0.3, -0.25) is 0 Å². The Balaban J connectivity index is 3.94. The number of rotatable bonds is 4. The molecular formula is C9H21OP. The van der Waals surface area contributed by atoms with E-state index in [9.17, 15) is 4.57 Å². The molecule has 0 fully saturated rings. The lowest BCUT2D eigenvalue weighted by Crippen LogP contribution is -2.10. The molecule has 2 atom stereocenters. The van der Waals surface area contributed by atoms with Gasteiger partial charge in [0.15, 0.2) is 0 Å². The van der Waals surface area contributed by atoms with Crippen LogP contribution in [0.5, 0.6) is 0 Å². The predicted molar refractivity (Wildman–Crippen MR) is 52.9 cm³/mol. The second-order valence-corrected chi connectivity index (χ2v) is 7.61. The van der Waals surface area contributed by atoms with Gasteiger partial charge in [-0.1, -0.05) is 27.7 Å². The highest BCUT2D eigenvalue weighted by Crippen LogP contribution is 2.43. The first-order valence-corrected chi connectivity index (χ1v) is 6.97. The fourth-order valence-corrected chi connectivity index (χ4v) is 2.85. The van der Waals surface area contributed by atoms with Gasteiger partial charge in [-0.2, -0.15) is 0 Å². The first kappa shape index (κ1) is 11.2. The zero-order valence-electron chi connectivity index (χ0n) is 8.42. The van der Waals surface area contributed by atoms with Crippen molar-refractivity contribution in [3.63, 3.8) is 0 Å². The Hall–Kier alpha value is 0.230. The average Bonchev–Trinajstić information content (AvgIpc) is 1.87. The molecule has 11 heavy (non-hydrogen) atoms. The van der Waals surface area contributed by atoms with Crippen LogP contribution in [0.1, 0.15) is 27.7 Å². The molecule has 0 bridgehead atoms. The van der Waals surface area contributed by atoms with E-state index >= 15 is 0 Å². The van der Waals surface area contributed by atoms with Crippen molar-refractivity contribution in [2.45, 2.75) is 27.7 Å². The monoisotopic (exact) mass is 176 g/mol. The van der Waals surface area contributed by atoms with Crippen molar-refractivity contribution in [2.75, 3.05) is 19.0 Å². The van der Waals surface area contributed by atoms with Gasteiger partial charge in [0.2, 0.25) is 0 Å². The lowest BCUT2D eigenvalue weighted by atomic mass is 10.0. The van der Waals surface area contributed by atoms with Crippen LogP contribution in [0.15, 0.2) is 0 Å². The van der Waals surface area contributed by atoms with Gasteiger partial charge in [-0.15, -0.1) is 0 Å². The van der Waals surface area contributed by atoms with Crippen LogP contribution in [-0.4, -0.2) is 19.0 Å². The summed E-state index contributed by atoms with van der Waals surface area (Å²) in [4.78, 5) is 0. The molecule has 0 aromatic rings. The van der Waals surface area contributed by atoms with Gasteiger partial charge in [0.25, 0.3) is 0 Å². The minimum Gasteiger partial charge on any atom is -0.324 e. The fraction of sp³-hybridized carbons (Fsp3) is 1.00. The Kier molecular flexibility index (Phi) is 4.39. The highest BCUT2D eigenvalue weighted by molar-refractivity contribution is 7.63. The molecule has 0 aliphatic carbocycles. The van der Waals surface area contributed by atoms with E-state index in [1.54, 1.807) is 0 Å². The van der Waals surface area contributed by atoms with Crippen LogP contribution in [0.4, 0.5) is 0 Å². The molecule has 0 saturated heterocycles. The van der Waals surface area contributed by atoms with E-state index in [0.29, 0.717) is 11.8 Å². The van der Waals surface area contributed by atoms with Crippen molar-refractivity contribution in [2.24, 2.45) is 11.8 Å². The van der Waals surface area contributed by atoms with Crippen molar-refractivity contribution in [3.05, 3.63) is 0 Å². The first-order valence-electron chi connectivity index (χ1n) is 4.44. The van der Waals surface area contributed by atoms with Gasteiger partial charge in [0.1, 0.15) is 0 Å². The fourth-order valence-electron chi connectivity index (χ4n) is 0.949. The average molecular weight is 176 g/mol. The van der Waals surface area contributed by atoms with Crippen LogP contribution >= 0.6 is 7.14 Å². The smallest absolute Gasteiger partial charge is 0.0848 e.